The van der Waals surface area contributed by atoms with Crippen LogP contribution in [0.3, 0.4) is 0 Å². The third kappa shape index (κ3) is 8.12. The van der Waals surface area contributed by atoms with E-state index in [4.69, 9.17) is 4.74 Å². The summed E-state index contributed by atoms with van der Waals surface area (Å²) in [6, 6.07) is 21.6. The number of nitrogens with zero attached hydrogens (tertiary/aromatic N) is 2. The van der Waals surface area contributed by atoms with E-state index in [0.29, 0.717) is 32.6 Å². The molecule has 0 fully saturated rings. The Labute approximate surface area is 237 Å². The number of benzene rings is 3. The van der Waals surface area contributed by atoms with E-state index in [2.05, 4.69) is 24.1 Å². The molecule has 2 atom stereocenters. The van der Waals surface area contributed by atoms with Crippen LogP contribution < -0.4 is 5.32 Å². The molecule has 1 amide bonds. The van der Waals surface area contributed by atoms with E-state index in [0.717, 1.165) is 22.3 Å². The highest BCUT2D eigenvalue weighted by atomic mass is 19.1. The molecular formula is C33H41F2N3O2. The predicted octanol–water partition coefficient (Wildman–Crippen LogP) is 6.87. The first-order valence-corrected chi connectivity index (χ1v) is 14.0. The largest absolute Gasteiger partial charge is 0.444 e. The van der Waals surface area contributed by atoms with Gasteiger partial charge >= 0.3 is 6.09 Å². The maximum Gasteiger partial charge on any atom is 0.410 e. The summed E-state index contributed by atoms with van der Waals surface area (Å²) in [5, 5.41) is 3.71. The van der Waals surface area contributed by atoms with Crippen molar-refractivity contribution in [2.45, 2.75) is 77.9 Å². The molecule has 4 rings (SSSR count). The van der Waals surface area contributed by atoms with Crippen LogP contribution in [0.2, 0.25) is 0 Å². The van der Waals surface area contributed by atoms with E-state index in [9.17, 15) is 13.6 Å². The molecule has 0 aliphatic carbocycles. The van der Waals surface area contributed by atoms with Gasteiger partial charge in [0.2, 0.25) is 0 Å². The number of hydrogen-bond acceptors (Lipinski definition) is 4. The van der Waals surface area contributed by atoms with Crippen LogP contribution >= 0.6 is 0 Å². The summed E-state index contributed by atoms with van der Waals surface area (Å²) >= 11 is 0. The first-order valence-electron chi connectivity index (χ1n) is 14.0. The van der Waals surface area contributed by atoms with Crippen molar-refractivity contribution in [1.82, 2.24) is 15.1 Å². The van der Waals surface area contributed by atoms with E-state index in [1.54, 1.807) is 11.0 Å². The fourth-order valence-corrected chi connectivity index (χ4v) is 5.30. The van der Waals surface area contributed by atoms with Crippen LogP contribution in [0.15, 0.2) is 72.8 Å². The van der Waals surface area contributed by atoms with Crippen LogP contribution in [0, 0.1) is 11.6 Å². The summed E-state index contributed by atoms with van der Waals surface area (Å²) in [5.41, 5.74) is 3.42. The summed E-state index contributed by atoms with van der Waals surface area (Å²) in [6.07, 6.45) is 0.304. The predicted molar refractivity (Wildman–Crippen MR) is 155 cm³/mol. The molecule has 40 heavy (non-hydrogen) atoms. The lowest BCUT2D eigenvalue weighted by Crippen LogP contribution is -2.53. The van der Waals surface area contributed by atoms with Gasteiger partial charge in [-0.05, 0) is 73.7 Å². The highest BCUT2D eigenvalue weighted by Crippen LogP contribution is 2.34. The Morgan fingerprint density at radius 3 is 2.33 bits per heavy atom. The summed E-state index contributed by atoms with van der Waals surface area (Å²) < 4.78 is 33.8. The third-order valence-electron chi connectivity index (χ3n) is 7.06. The average Bonchev–Trinajstić information content (AvgIpc) is 2.88. The van der Waals surface area contributed by atoms with Gasteiger partial charge in [0.15, 0.2) is 0 Å². The fourth-order valence-electron chi connectivity index (χ4n) is 5.30. The number of nitrogens with one attached hydrogen (secondary N) is 1. The topological polar surface area (TPSA) is 44.8 Å². The van der Waals surface area contributed by atoms with Gasteiger partial charge in [-0.25, -0.2) is 13.6 Å². The molecule has 0 bridgehead atoms. The highest BCUT2D eigenvalue weighted by Gasteiger charge is 2.36. The van der Waals surface area contributed by atoms with Gasteiger partial charge < -0.3 is 15.0 Å². The zero-order chi connectivity index (χ0) is 28.9. The molecule has 7 heteroatoms. The minimum Gasteiger partial charge on any atom is -0.444 e. The Morgan fingerprint density at radius 2 is 1.68 bits per heavy atom. The Morgan fingerprint density at radius 1 is 1.00 bits per heavy atom. The van der Waals surface area contributed by atoms with Crippen LogP contribution in [-0.2, 0) is 24.2 Å². The molecular weight excluding hydrogens is 508 g/mol. The Bertz CT molecular complexity index is 1260. The number of carbonyl (C=O) groups is 1. The van der Waals surface area contributed by atoms with Gasteiger partial charge in [-0.1, -0.05) is 62.4 Å². The zero-order valence-electron chi connectivity index (χ0n) is 24.2. The number of amides is 1. The van der Waals surface area contributed by atoms with Crippen molar-refractivity contribution in [3.05, 3.63) is 107 Å². The lowest BCUT2D eigenvalue weighted by Gasteiger charge is -2.44. The standard InChI is InChI=1S/C33H41F2N3O2/c1-23(2)36-31-29-16-15-28(35)20-26(29)22-37(30(31)19-24-11-13-27(34)14-12-24)17-18-38(32(39)40-33(3,4)5)21-25-9-7-6-8-10-25/h6-16,20,23,30-31,36H,17-19,21-22H2,1-5H3. The maximum atomic E-state index is 14.4. The number of hydrogen-bond donors (Lipinski definition) is 1. The van der Waals surface area contributed by atoms with Gasteiger partial charge in [0.1, 0.15) is 17.2 Å². The molecule has 214 valence electrons. The summed E-state index contributed by atoms with van der Waals surface area (Å²) in [6.45, 7) is 11.7. The van der Waals surface area contributed by atoms with Crippen molar-refractivity contribution in [1.29, 1.82) is 0 Å². The Balaban J connectivity index is 1.64. The number of carbonyl (C=O) groups excluding carboxylic acids is 1. The van der Waals surface area contributed by atoms with Gasteiger partial charge in [-0.15, -0.1) is 0 Å². The van der Waals surface area contributed by atoms with Gasteiger partial charge in [0.25, 0.3) is 0 Å². The van der Waals surface area contributed by atoms with E-state index in [1.165, 1.54) is 18.2 Å². The normalized spacial score (nSPS) is 17.5. The lowest BCUT2D eigenvalue weighted by atomic mass is 9.85. The smallest absolute Gasteiger partial charge is 0.410 e. The van der Waals surface area contributed by atoms with Crippen molar-refractivity contribution >= 4 is 6.09 Å². The number of fused-ring (bicyclic) bond motifs is 1. The summed E-state index contributed by atoms with van der Waals surface area (Å²) in [5.74, 6) is -0.533. The highest BCUT2D eigenvalue weighted by molar-refractivity contribution is 5.68. The molecule has 0 spiro atoms. The van der Waals surface area contributed by atoms with E-state index in [1.807, 2.05) is 69.3 Å². The van der Waals surface area contributed by atoms with Crippen LogP contribution in [-0.4, -0.2) is 46.7 Å². The molecule has 1 aliphatic heterocycles. The Hall–Kier alpha value is -3.29. The van der Waals surface area contributed by atoms with E-state index >= 15 is 0 Å². The first kappa shape index (κ1) is 29.7. The second-order valence-electron chi connectivity index (χ2n) is 11.9. The van der Waals surface area contributed by atoms with Crippen LogP contribution in [0.4, 0.5) is 13.6 Å². The van der Waals surface area contributed by atoms with Crippen LogP contribution in [0.5, 0.6) is 0 Å². The quantitative estimate of drug-likeness (QED) is 0.317. The molecule has 3 aromatic carbocycles. The van der Waals surface area contributed by atoms with Gasteiger partial charge in [0.05, 0.1) is 0 Å². The zero-order valence-corrected chi connectivity index (χ0v) is 24.2. The van der Waals surface area contributed by atoms with Crippen LogP contribution in [0.1, 0.15) is 62.9 Å². The van der Waals surface area contributed by atoms with Crippen molar-refractivity contribution < 1.29 is 18.3 Å². The van der Waals surface area contributed by atoms with Gasteiger partial charge in [-0.2, -0.15) is 0 Å². The summed E-state index contributed by atoms with van der Waals surface area (Å²) in [4.78, 5) is 17.3. The summed E-state index contributed by atoms with van der Waals surface area (Å²) in [7, 11) is 0. The molecule has 1 aliphatic rings. The number of halogens is 2. The number of rotatable bonds is 9. The molecule has 3 aromatic rings. The second kappa shape index (κ2) is 12.9. The SMILES string of the molecule is CC(C)NC1c2ccc(F)cc2CN(CCN(Cc2ccccc2)C(=O)OC(C)(C)C)C1Cc1ccc(F)cc1. The van der Waals surface area contributed by atoms with Crippen LogP contribution in [0.25, 0.3) is 0 Å². The van der Waals surface area contributed by atoms with Gasteiger partial charge in [-0.3, -0.25) is 4.90 Å². The monoisotopic (exact) mass is 549 g/mol. The molecule has 1 N–H and O–H groups in total. The third-order valence-corrected chi connectivity index (χ3v) is 7.06. The maximum absolute atomic E-state index is 14.4. The first-order chi connectivity index (χ1) is 19.0. The lowest BCUT2D eigenvalue weighted by molar-refractivity contribution is 0.0187. The second-order valence-corrected chi connectivity index (χ2v) is 11.9. The van der Waals surface area contributed by atoms with Crippen molar-refractivity contribution in [2.24, 2.45) is 0 Å². The Kier molecular flexibility index (Phi) is 9.59. The van der Waals surface area contributed by atoms with Crippen molar-refractivity contribution in [3.8, 4) is 0 Å². The molecule has 0 aromatic heterocycles. The number of ether oxygens (including phenoxy) is 1. The fraction of sp³-hybridized carbons (Fsp3) is 0.424. The molecule has 0 saturated heterocycles. The van der Waals surface area contributed by atoms with Crippen molar-refractivity contribution in [2.75, 3.05) is 13.1 Å². The molecule has 1 heterocycles. The minimum atomic E-state index is -0.620. The average molecular weight is 550 g/mol. The van der Waals surface area contributed by atoms with E-state index in [-0.39, 0.29) is 35.9 Å². The molecule has 0 saturated carbocycles. The minimum absolute atomic E-state index is 0.00281. The van der Waals surface area contributed by atoms with E-state index < -0.39 is 5.60 Å². The van der Waals surface area contributed by atoms with Gasteiger partial charge in [0, 0.05) is 44.3 Å². The molecule has 0 radical (unpaired) electrons. The molecule has 2 unspecified atom stereocenters. The molecule has 5 nitrogen and oxygen atoms in total. The van der Waals surface area contributed by atoms with Crippen molar-refractivity contribution in [3.63, 3.8) is 0 Å².